The van der Waals surface area contributed by atoms with Crippen molar-refractivity contribution < 1.29 is 4.74 Å². The van der Waals surface area contributed by atoms with Gasteiger partial charge in [0.2, 0.25) is 0 Å². The van der Waals surface area contributed by atoms with E-state index in [9.17, 15) is 0 Å². The van der Waals surface area contributed by atoms with Gasteiger partial charge in [-0.05, 0) is 42.4 Å². The van der Waals surface area contributed by atoms with E-state index in [2.05, 4.69) is 27.8 Å². The SMILES string of the molecule is CNC(=S)NC1Cc2[nH]c3ccc(OC)cc3c2C1. The van der Waals surface area contributed by atoms with E-state index in [-0.39, 0.29) is 0 Å². The highest BCUT2D eigenvalue weighted by Gasteiger charge is 2.25. The molecule has 0 spiro atoms. The monoisotopic (exact) mass is 275 g/mol. The van der Waals surface area contributed by atoms with Gasteiger partial charge in [0.25, 0.3) is 0 Å². The maximum Gasteiger partial charge on any atom is 0.166 e. The molecule has 1 aromatic heterocycles. The molecule has 3 rings (SSSR count). The van der Waals surface area contributed by atoms with Gasteiger partial charge in [-0.2, -0.15) is 0 Å². The van der Waals surface area contributed by atoms with Crippen LogP contribution in [0.15, 0.2) is 18.2 Å². The Kier molecular flexibility index (Phi) is 3.06. The van der Waals surface area contributed by atoms with Crippen LogP contribution in [0.25, 0.3) is 10.9 Å². The maximum atomic E-state index is 5.30. The second-order valence-electron chi connectivity index (χ2n) is 4.82. The van der Waals surface area contributed by atoms with E-state index in [0.717, 1.165) is 18.6 Å². The van der Waals surface area contributed by atoms with E-state index in [1.807, 2.05) is 13.1 Å². The molecule has 0 amide bonds. The van der Waals surface area contributed by atoms with Gasteiger partial charge < -0.3 is 20.4 Å². The number of fused-ring (bicyclic) bond motifs is 3. The largest absolute Gasteiger partial charge is 0.497 e. The van der Waals surface area contributed by atoms with Crippen LogP contribution in [0.2, 0.25) is 0 Å². The van der Waals surface area contributed by atoms with Crippen LogP contribution in [-0.2, 0) is 12.8 Å². The molecule has 0 bridgehead atoms. The minimum Gasteiger partial charge on any atom is -0.497 e. The molecule has 0 saturated heterocycles. The smallest absolute Gasteiger partial charge is 0.166 e. The average Bonchev–Trinajstić information content (AvgIpc) is 2.95. The zero-order valence-corrected chi connectivity index (χ0v) is 11.9. The zero-order valence-electron chi connectivity index (χ0n) is 11.0. The molecule has 1 aliphatic rings. The summed E-state index contributed by atoms with van der Waals surface area (Å²) in [6.45, 7) is 0. The standard InChI is InChI=1S/C14H17N3OS/c1-15-14(19)16-8-5-10-11-7-9(18-2)3-4-12(11)17-13(10)6-8/h3-4,7-8,17H,5-6H2,1-2H3,(H2,15,16,19). The molecule has 5 heteroatoms. The second kappa shape index (κ2) is 4.74. The van der Waals surface area contributed by atoms with Crippen LogP contribution in [0.4, 0.5) is 0 Å². The Hall–Kier alpha value is -1.75. The summed E-state index contributed by atoms with van der Waals surface area (Å²) in [5, 5.41) is 8.24. The lowest BCUT2D eigenvalue weighted by molar-refractivity contribution is 0.415. The van der Waals surface area contributed by atoms with E-state index in [1.165, 1.54) is 22.2 Å². The number of H-pyrrole nitrogens is 1. The van der Waals surface area contributed by atoms with Gasteiger partial charge >= 0.3 is 0 Å². The fourth-order valence-electron chi connectivity index (χ4n) is 2.74. The lowest BCUT2D eigenvalue weighted by Crippen LogP contribution is -2.40. The van der Waals surface area contributed by atoms with Crippen molar-refractivity contribution in [2.24, 2.45) is 0 Å². The Morgan fingerprint density at radius 3 is 3.00 bits per heavy atom. The fourth-order valence-corrected chi connectivity index (χ4v) is 2.91. The van der Waals surface area contributed by atoms with Gasteiger partial charge in [0, 0.05) is 36.1 Å². The first-order valence-electron chi connectivity index (χ1n) is 6.37. The first kappa shape index (κ1) is 12.3. The molecule has 1 unspecified atom stereocenters. The van der Waals surface area contributed by atoms with Crippen LogP contribution in [0.3, 0.4) is 0 Å². The number of benzene rings is 1. The summed E-state index contributed by atoms with van der Waals surface area (Å²) in [6, 6.07) is 6.54. The summed E-state index contributed by atoms with van der Waals surface area (Å²) in [5.41, 5.74) is 3.87. The molecule has 1 atom stereocenters. The maximum absolute atomic E-state index is 5.30. The molecule has 100 valence electrons. The van der Waals surface area contributed by atoms with E-state index in [4.69, 9.17) is 17.0 Å². The van der Waals surface area contributed by atoms with E-state index >= 15 is 0 Å². The number of hydrogen-bond acceptors (Lipinski definition) is 2. The van der Waals surface area contributed by atoms with Gasteiger partial charge in [-0.3, -0.25) is 0 Å². The van der Waals surface area contributed by atoms with Crippen molar-refractivity contribution in [3.63, 3.8) is 0 Å². The summed E-state index contributed by atoms with van der Waals surface area (Å²) in [7, 11) is 3.54. The summed E-state index contributed by atoms with van der Waals surface area (Å²) in [5.74, 6) is 0.899. The van der Waals surface area contributed by atoms with Gasteiger partial charge in [0.15, 0.2) is 5.11 Å². The van der Waals surface area contributed by atoms with Crippen LogP contribution in [0.1, 0.15) is 11.3 Å². The Morgan fingerprint density at radius 2 is 2.26 bits per heavy atom. The topological polar surface area (TPSA) is 49.1 Å². The highest BCUT2D eigenvalue weighted by atomic mass is 32.1. The van der Waals surface area contributed by atoms with E-state index < -0.39 is 0 Å². The van der Waals surface area contributed by atoms with E-state index in [1.54, 1.807) is 7.11 Å². The van der Waals surface area contributed by atoms with Gasteiger partial charge in [0.05, 0.1) is 7.11 Å². The van der Waals surface area contributed by atoms with Gasteiger partial charge in [-0.1, -0.05) is 0 Å². The Bertz CT molecular complexity index is 635. The first-order valence-corrected chi connectivity index (χ1v) is 6.78. The normalized spacial score (nSPS) is 17.3. The second-order valence-corrected chi connectivity index (χ2v) is 5.23. The fraction of sp³-hybridized carbons (Fsp3) is 0.357. The van der Waals surface area contributed by atoms with Gasteiger partial charge in [-0.15, -0.1) is 0 Å². The number of ether oxygens (including phenoxy) is 1. The molecule has 1 aliphatic carbocycles. The molecule has 0 fully saturated rings. The van der Waals surface area contributed by atoms with Crippen LogP contribution < -0.4 is 15.4 Å². The molecular formula is C14H17N3OS. The third-order valence-corrected chi connectivity index (χ3v) is 3.99. The Labute approximate surface area is 117 Å². The molecule has 0 saturated carbocycles. The molecule has 3 N–H and O–H groups in total. The van der Waals surface area contributed by atoms with Crippen molar-refractivity contribution in [2.45, 2.75) is 18.9 Å². The van der Waals surface area contributed by atoms with Crippen LogP contribution in [0, 0.1) is 0 Å². The lowest BCUT2D eigenvalue weighted by Gasteiger charge is -2.14. The molecule has 4 nitrogen and oxygen atoms in total. The number of methoxy groups -OCH3 is 1. The highest BCUT2D eigenvalue weighted by Crippen LogP contribution is 2.32. The lowest BCUT2D eigenvalue weighted by atomic mass is 10.1. The predicted molar refractivity (Wildman–Crippen MR) is 80.8 cm³/mol. The van der Waals surface area contributed by atoms with Crippen LogP contribution in [0.5, 0.6) is 5.75 Å². The van der Waals surface area contributed by atoms with Crippen LogP contribution >= 0.6 is 12.2 Å². The molecular weight excluding hydrogens is 258 g/mol. The first-order chi connectivity index (χ1) is 9.21. The number of hydrogen-bond donors (Lipinski definition) is 3. The summed E-state index contributed by atoms with van der Waals surface area (Å²) < 4.78 is 5.30. The van der Waals surface area contributed by atoms with Crippen molar-refractivity contribution in [1.82, 2.24) is 15.6 Å². The summed E-state index contributed by atoms with van der Waals surface area (Å²) >= 11 is 5.16. The number of nitrogens with one attached hydrogen (secondary N) is 3. The molecule has 1 heterocycles. The number of rotatable bonds is 2. The number of aromatic amines is 1. The van der Waals surface area contributed by atoms with Gasteiger partial charge in [-0.25, -0.2) is 0 Å². The minimum absolute atomic E-state index is 0.372. The number of thiocarbonyl (C=S) groups is 1. The van der Waals surface area contributed by atoms with Crippen molar-refractivity contribution in [3.8, 4) is 5.75 Å². The minimum atomic E-state index is 0.372. The molecule has 1 aromatic carbocycles. The molecule has 19 heavy (non-hydrogen) atoms. The molecule has 0 aliphatic heterocycles. The zero-order chi connectivity index (χ0) is 13.4. The summed E-state index contributed by atoms with van der Waals surface area (Å²) in [4.78, 5) is 3.49. The number of aromatic nitrogens is 1. The Morgan fingerprint density at radius 1 is 1.42 bits per heavy atom. The van der Waals surface area contributed by atoms with Gasteiger partial charge in [0.1, 0.15) is 5.75 Å². The van der Waals surface area contributed by atoms with Crippen LogP contribution in [-0.4, -0.2) is 30.3 Å². The van der Waals surface area contributed by atoms with Crippen molar-refractivity contribution in [2.75, 3.05) is 14.2 Å². The average molecular weight is 275 g/mol. The molecule has 0 radical (unpaired) electrons. The highest BCUT2D eigenvalue weighted by molar-refractivity contribution is 7.80. The van der Waals surface area contributed by atoms with E-state index in [0.29, 0.717) is 11.2 Å². The third kappa shape index (κ3) is 2.14. The predicted octanol–water partition coefficient (Wildman–Crippen LogP) is 1.74. The third-order valence-electron chi connectivity index (χ3n) is 3.67. The quantitative estimate of drug-likeness (QED) is 0.731. The van der Waals surface area contributed by atoms with Crippen molar-refractivity contribution in [3.05, 3.63) is 29.5 Å². The van der Waals surface area contributed by atoms with Crippen molar-refractivity contribution >= 4 is 28.2 Å². The Balaban J connectivity index is 1.89. The summed E-state index contributed by atoms with van der Waals surface area (Å²) in [6.07, 6.45) is 1.97. The van der Waals surface area contributed by atoms with Crippen molar-refractivity contribution in [1.29, 1.82) is 0 Å². The molecule has 2 aromatic rings.